The van der Waals surface area contributed by atoms with Crippen molar-refractivity contribution in [1.29, 1.82) is 0 Å². The molecule has 1 aliphatic carbocycles. The van der Waals surface area contributed by atoms with Gasteiger partial charge in [0.1, 0.15) is 0 Å². The highest BCUT2D eigenvalue weighted by Gasteiger charge is 2.53. The molecule has 2 unspecified atom stereocenters. The third-order valence-corrected chi connectivity index (χ3v) is 4.42. The Kier molecular flexibility index (Phi) is 8.02. The number of hydrogen-bond acceptors (Lipinski definition) is 2. The minimum Gasteiger partial charge on any atom is -0.502 e. The Balaban J connectivity index is 3.07. The van der Waals surface area contributed by atoms with Gasteiger partial charge in [0.25, 0.3) is 6.36 Å². The van der Waals surface area contributed by atoms with Crippen LogP contribution in [0.15, 0.2) is 12.8 Å². The van der Waals surface area contributed by atoms with Crippen LogP contribution < -0.4 is 0 Å². The van der Waals surface area contributed by atoms with Gasteiger partial charge in [-0.2, -0.15) is 26.3 Å². The van der Waals surface area contributed by atoms with Crippen molar-refractivity contribution in [2.45, 2.75) is 75.7 Å². The highest BCUT2D eigenvalue weighted by atomic mass is 19.4. The minimum atomic E-state index is -5.37. The Labute approximate surface area is 142 Å². The van der Waals surface area contributed by atoms with Crippen LogP contribution in [0, 0.1) is 5.92 Å². The number of halogens is 7. The molecule has 0 heterocycles. The topological polar surface area (TPSA) is 18.5 Å². The van der Waals surface area contributed by atoms with E-state index in [0.29, 0.717) is 12.8 Å². The minimum absolute atomic E-state index is 0.00315. The fraction of sp³-hybridized carbons (Fsp3) is 0.875. The maximum atomic E-state index is 13.5. The summed E-state index contributed by atoms with van der Waals surface area (Å²) in [7, 11) is 0. The standard InChI is InChI=1S/C16H23F7O2/c1-2-24-10-6-9-14(11-15(18,19)20,12-7-4-3-5-8-12)25-13(17)16(21,22)23/h2,12-13H,1,3-11H2. The quantitative estimate of drug-likeness (QED) is 0.274. The van der Waals surface area contributed by atoms with E-state index in [-0.39, 0.29) is 32.3 Å². The van der Waals surface area contributed by atoms with Crippen molar-refractivity contribution in [3.8, 4) is 0 Å². The van der Waals surface area contributed by atoms with Crippen LogP contribution in [-0.4, -0.2) is 30.9 Å². The lowest BCUT2D eigenvalue weighted by Crippen LogP contribution is -2.49. The van der Waals surface area contributed by atoms with Gasteiger partial charge in [0.05, 0.1) is 24.9 Å². The molecule has 0 bridgehead atoms. The Morgan fingerprint density at radius 2 is 1.64 bits per heavy atom. The summed E-state index contributed by atoms with van der Waals surface area (Å²) in [4.78, 5) is 0. The second kappa shape index (κ2) is 9.09. The molecule has 0 aromatic carbocycles. The Hall–Kier alpha value is -0.990. The molecule has 0 amide bonds. The smallest absolute Gasteiger partial charge is 0.445 e. The zero-order valence-corrected chi connectivity index (χ0v) is 13.8. The molecule has 1 saturated carbocycles. The van der Waals surface area contributed by atoms with E-state index in [1.807, 2.05) is 0 Å². The van der Waals surface area contributed by atoms with E-state index in [9.17, 15) is 30.7 Å². The van der Waals surface area contributed by atoms with Crippen LogP contribution in [0.4, 0.5) is 30.7 Å². The average molecular weight is 380 g/mol. The lowest BCUT2D eigenvalue weighted by Gasteiger charge is -2.44. The third-order valence-electron chi connectivity index (χ3n) is 4.42. The fourth-order valence-corrected chi connectivity index (χ4v) is 3.41. The molecule has 0 aromatic rings. The largest absolute Gasteiger partial charge is 0.502 e. The zero-order chi connectivity index (χ0) is 19.1. The normalized spacial score (nSPS) is 20.8. The monoisotopic (exact) mass is 380 g/mol. The van der Waals surface area contributed by atoms with Crippen molar-refractivity contribution in [3.05, 3.63) is 12.8 Å². The first-order valence-electron chi connectivity index (χ1n) is 8.18. The number of ether oxygens (including phenoxy) is 2. The van der Waals surface area contributed by atoms with Gasteiger partial charge in [-0.15, -0.1) is 0 Å². The summed E-state index contributed by atoms with van der Waals surface area (Å²) in [5, 5.41) is 0. The number of rotatable bonds is 9. The van der Waals surface area contributed by atoms with Gasteiger partial charge in [-0.05, 0) is 31.6 Å². The second-order valence-corrected chi connectivity index (χ2v) is 6.31. The summed E-state index contributed by atoms with van der Waals surface area (Å²) in [6, 6.07) is 0. The average Bonchev–Trinajstić information content (AvgIpc) is 2.50. The van der Waals surface area contributed by atoms with Gasteiger partial charge in [-0.3, -0.25) is 0 Å². The summed E-state index contributed by atoms with van der Waals surface area (Å²) in [6.07, 6.45) is -12.3. The zero-order valence-electron chi connectivity index (χ0n) is 13.8. The molecular formula is C16H23F7O2. The van der Waals surface area contributed by atoms with Crippen molar-refractivity contribution in [1.82, 2.24) is 0 Å². The molecule has 0 aromatic heterocycles. The molecule has 0 saturated heterocycles. The van der Waals surface area contributed by atoms with E-state index in [4.69, 9.17) is 4.74 Å². The van der Waals surface area contributed by atoms with Gasteiger partial charge in [-0.1, -0.05) is 25.8 Å². The molecule has 0 aliphatic heterocycles. The lowest BCUT2D eigenvalue weighted by molar-refractivity contribution is -0.322. The van der Waals surface area contributed by atoms with Gasteiger partial charge >= 0.3 is 12.4 Å². The Bertz CT molecular complexity index is 402. The summed E-state index contributed by atoms with van der Waals surface area (Å²) in [6.45, 7) is 3.26. The van der Waals surface area contributed by atoms with Gasteiger partial charge in [0.2, 0.25) is 0 Å². The van der Waals surface area contributed by atoms with Crippen molar-refractivity contribution in [2.75, 3.05) is 6.61 Å². The van der Waals surface area contributed by atoms with E-state index in [2.05, 4.69) is 11.3 Å². The van der Waals surface area contributed by atoms with Gasteiger partial charge in [0, 0.05) is 0 Å². The first-order valence-corrected chi connectivity index (χ1v) is 8.18. The summed E-state index contributed by atoms with van der Waals surface area (Å²) in [5.41, 5.74) is -2.25. The van der Waals surface area contributed by atoms with Crippen molar-refractivity contribution in [3.63, 3.8) is 0 Å². The molecule has 1 aliphatic rings. The maximum Gasteiger partial charge on any atom is 0.445 e. The summed E-state index contributed by atoms with van der Waals surface area (Å²) in [5.74, 6) is -0.785. The molecule has 0 N–H and O–H groups in total. The van der Waals surface area contributed by atoms with E-state index < -0.39 is 36.7 Å². The molecule has 1 fully saturated rings. The van der Waals surface area contributed by atoms with Crippen LogP contribution in [0.5, 0.6) is 0 Å². The van der Waals surface area contributed by atoms with E-state index in [0.717, 1.165) is 12.7 Å². The first-order chi connectivity index (χ1) is 11.5. The van der Waals surface area contributed by atoms with Gasteiger partial charge < -0.3 is 9.47 Å². The van der Waals surface area contributed by atoms with E-state index >= 15 is 0 Å². The van der Waals surface area contributed by atoms with Crippen LogP contribution in [0.1, 0.15) is 51.4 Å². The second-order valence-electron chi connectivity index (χ2n) is 6.31. The SMILES string of the molecule is C=COCCCC(CC(F)(F)F)(OC(F)C(F)(F)F)C1CCCCC1. The van der Waals surface area contributed by atoms with Crippen molar-refractivity contribution < 1.29 is 40.2 Å². The highest BCUT2D eigenvalue weighted by Crippen LogP contribution is 2.46. The molecule has 9 heteroatoms. The molecule has 1 rings (SSSR count). The molecule has 2 nitrogen and oxygen atoms in total. The summed E-state index contributed by atoms with van der Waals surface area (Å²) < 4.78 is 100.0. The number of alkyl halides is 7. The van der Waals surface area contributed by atoms with Crippen LogP contribution in [0.3, 0.4) is 0 Å². The van der Waals surface area contributed by atoms with Crippen LogP contribution in [-0.2, 0) is 9.47 Å². The van der Waals surface area contributed by atoms with Gasteiger partial charge in [0.15, 0.2) is 0 Å². The fourth-order valence-electron chi connectivity index (χ4n) is 3.41. The molecular weight excluding hydrogens is 357 g/mol. The van der Waals surface area contributed by atoms with E-state index in [1.54, 1.807) is 0 Å². The Morgan fingerprint density at radius 1 is 1.04 bits per heavy atom. The predicted molar refractivity (Wildman–Crippen MR) is 77.4 cm³/mol. The molecule has 148 valence electrons. The molecule has 0 spiro atoms. The first kappa shape index (κ1) is 22.1. The van der Waals surface area contributed by atoms with Gasteiger partial charge in [-0.25, -0.2) is 4.39 Å². The molecule has 25 heavy (non-hydrogen) atoms. The van der Waals surface area contributed by atoms with Crippen LogP contribution in [0.25, 0.3) is 0 Å². The lowest BCUT2D eigenvalue weighted by atomic mass is 9.72. The summed E-state index contributed by atoms with van der Waals surface area (Å²) >= 11 is 0. The van der Waals surface area contributed by atoms with Crippen molar-refractivity contribution in [2.24, 2.45) is 5.92 Å². The highest BCUT2D eigenvalue weighted by molar-refractivity contribution is 4.93. The van der Waals surface area contributed by atoms with Crippen LogP contribution >= 0.6 is 0 Å². The molecule has 0 radical (unpaired) electrons. The predicted octanol–water partition coefficient (Wildman–Crippen LogP) is 6.07. The molecule has 2 atom stereocenters. The Morgan fingerprint density at radius 3 is 2.12 bits per heavy atom. The third kappa shape index (κ3) is 7.42. The van der Waals surface area contributed by atoms with Crippen LogP contribution in [0.2, 0.25) is 0 Å². The number of hydrogen-bond donors (Lipinski definition) is 0. The maximum absolute atomic E-state index is 13.5. The van der Waals surface area contributed by atoms with Crippen molar-refractivity contribution >= 4 is 0 Å². The van der Waals surface area contributed by atoms with E-state index in [1.165, 1.54) is 0 Å².